The molecule has 0 aromatic carbocycles. The third kappa shape index (κ3) is 4.64. The third-order valence-electron chi connectivity index (χ3n) is 3.66. The van der Waals surface area contributed by atoms with Gasteiger partial charge in [-0.15, -0.1) is 0 Å². The lowest BCUT2D eigenvalue weighted by Gasteiger charge is -2.37. The fraction of sp³-hybridized carbons (Fsp3) is 1.00. The first-order valence-corrected chi connectivity index (χ1v) is 7.40. The highest BCUT2D eigenvalue weighted by Crippen LogP contribution is 2.22. The summed E-state index contributed by atoms with van der Waals surface area (Å²) in [6.45, 7) is 4.99. The van der Waals surface area contributed by atoms with Gasteiger partial charge in [-0.3, -0.25) is 4.90 Å². The van der Waals surface area contributed by atoms with Crippen LogP contribution >= 0.6 is 12.6 Å². The molecule has 3 heteroatoms. The second-order valence-corrected chi connectivity index (χ2v) is 5.36. The Morgan fingerprint density at radius 1 is 1.44 bits per heavy atom. The number of hydrogen-bond acceptors (Lipinski definition) is 3. The molecular formula is C13H27NOS. The predicted molar refractivity (Wildman–Crippen MR) is 73.2 cm³/mol. The molecule has 1 N–H and O–H groups in total. The molecule has 16 heavy (non-hydrogen) atoms. The minimum absolute atomic E-state index is 0.334. The average molecular weight is 245 g/mol. The summed E-state index contributed by atoms with van der Waals surface area (Å²) in [5.41, 5.74) is 0. The molecule has 0 aromatic heterocycles. The summed E-state index contributed by atoms with van der Waals surface area (Å²) in [4.78, 5) is 2.59. The number of aliphatic hydroxyl groups excluding tert-OH is 1. The molecule has 2 unspecified atom stereocenters. The van der Waals surface area contributed by atoms with Gasteiger partial charge in [0.15, 0.2) is 0 Å². The highest BCUT2D eigenvalue weighted by molar-refractivity contribution is 7.80. The number of likely N-dealkylation sites (tertiary alicyclic amines) is 1. The molecule has 1 fully saturated rings. The van der Waals surface area contributed by atoms with Gasteiger partial charge in [0.25, 0.3) is 0 Å². The van der Waals surface area contributed by atoms with Crippen LogP contribution in [0, 0.1) is 5.92 Å². The summed E-state index contributed by atoms with van der Waals surface area (Å²) in [6.07, 6.45) is 7.42. The normalized spacial score (nSPS) is 24.6. The first-order chi connectivity index (χ1) is 7.81. The Bertz CT molecular complexity index is 175. The Morgan fingerprint density at radius 3 is 2.88 bits per heavy atom. The van der Waals surface area contributed by atoms with Crippen LogP contribution in [-0.4, -0.2) is 41.5 Å². The summed E-state index contributed by atoms with van der Waals surface area (Å²) < 4.78 is 0. The van der Waals surface area contributed by atoms with Crippen molar-refractivity contribution >= 4 is 12.6 Å². The fourth-order valence-corrected chi connectivity index (χ4v) is 3.05. The van der Waals surface area contributed by atoms with Gasteiger partial charge in [-0.05, 0) is 43.9 Å². The molecule has 96 valence electrons. The largest absolute Gasteiger partial charge is 0.396 e. The molecule has 0 amide bonds. The number of aliphatic hydroxyl groups is 1. The van der Waals surface area contributed by atoms with Gasteiger partial charge < -0.3 is 5.11 Å². The molecule has 0 aliphatic carbocycles. The number of rotatable bonds is 7. The van der Waals surface area contributed by atoms with E-state index in [1.807, 2.05) is 0 Å². The molecule has 1 rings (SSSR count). The van der Waals surface area contributed by atoms with Crippen molar-refractivity contribution < 1.29 is 5.11 Å². The topological polar surface area (TPSA) is 23.5 Å². The van der Waals surface area contributed by atoms with Crippen molar-refractivity contribution in [3.63, 3.8) is 0 Å². The van der Waals surface area contributed by atoms with E-state index in [1.54, 1.807) is 0 Å². The Kier molecular flexibility index (Phi) is 7.50. The lowest BCUT2D eigenvalue weighted by atomic mass is 9.96. The van der Waals surface area contributed by atoms with Crippen LogP contribution in [0.2, 0.25) is 0 Å². The molecule has 0 spiro atoms. The van der Waals surface area contributed by atoms with Crippen LogP contribution in [0.3, 0.4) is 0 Å². The molecular weight excluding hydrogens is 218 g/mol. The lowest BCUT2D eigenvalue weighted by molar-refractivity contribution is 0.103. The Morgan fingerprint density at radius 2 is 2.25 bits per heavy atom. The maximum atomic E-state index is 9.09. The summed E-state index contributed by atoms with van der Waals surface area (Å²) >= 11 is 4.45. The number of piperidine rings is 1. The molecule has 2 nitrogen and oxygen atoms in total. The molecule has 1 aliphatic rings. The zero-order valence-electron chi connectivity index (χ0n) is 10.6. The van der Waals surface area contributed by atoms with Gasteiger partial charge in [0.2, 0.25) is 0 Å². The standard InChI is InChI=1S/C13H27NOS/c1-2-5-12(11-16)10-14-8-4-3-6-13(14)7-9-15/h12-13,15-16H,2-11H2,1H3. The van der Waals surface area contributed by atoms with Crippen LogP contribution in [0.4, 0.5) is 0 Å². The molecule has 0 saturated carbocycles. The molecule has 1 heterocycles. The molecule has 1 aliphatic heterocycles. The maximum Gasteiger partial charge on any atom is 0.0445 e. The van der Waals surface area contributed by atoms with Crippen molar-refractivity contribution in [1.29, 1.82) is 0 Å². The fourth-order valence-electron chi connectivity index (χ4n) is 2.76. The van der Waals surface area contributed by atoms with Crippen molar-refractivity contribution in [2.24, 2.45) is 5.92 Å². The number of thiol groups is 1. The van der Waals surface area contributed by atoms with Crippen molar-refractivity contribution in [2.75, 3.05) is 25.4 Å². The average Bonchev–Trinajstić information content (AvgIpc) is 2.31. The van der Waals surface area contributed by atoms with Crippen LogP contribution in [0.25, 0.3) is 0 Å². The third-order valence-corrected chi connectivity index (χ3v) is 4.18. The number of hydrogen-bond donors (Lipinski definition) is 2. The van der Waals surface area contributed by atoms with Crippen LogP contribution in [-0.2, 0) is 0 Å². The van der Waals surface area contributed by atoms with E-state index in [2.05, 4.69) is 24.5 Å². The lowest BCUT2D eigenvalue weighted by Crippen LogP contribution is -2.43. The zero-order chi connectivity index (χ0) is 11.8. The van der Waals surface area contributed by atoms with Gasteiger partial charge in [-0.1, -0.05) is 19.8 Å². The van der Waals surface area contributed by atoms with E-state index in [9.17, 15) is 0 Å². The van der Waals surface area contributed by atoms with Gasteiger partial charge in [0, 0.05) is 19.2 Å². The second kappa shape index (κ2) is 8.37. The second-order valence-electron chi connectivity index (χ2n) is 4.99. The quantitative estimate of drug-likeness (QED) is 0.674. The molecule has 1 saturated heterocycles. The zero-order valence-corrected chi connectivity index (χ0v) is 11.5. The summed E-state index contributed by atoms with van der Waals surface area (Å²) in [7, 11) is 0. The van der Waals surface area contributed by atoms with E-state index in [4.69, 9.17) is 5.11 Å². The molecule has 2 atom stereocenters. The summed E-state index contributed by atoms with van der Waals surface area (Å²) in [6, 6.07) is 0.623. The van der Waals surface area contributed by atoms with E-state index in [0.29, 0.717) is 12.6 Å². The highest BCUT2D eigenvalue weighted by Gasteiger charge is 2.23. The maximum absolute atomic E-state index is 9.09. The van der Waals surface area contributed by atoms with Crippen LogP contribution in [0.5, 0.6) is 0 Å². The van der Waals surface area contributed by atoms with Gasteiger partial charge in [0.1, 0.15) is 0 Å². The Balaban J connectivity index is 2.40. The Labute approximate surface area is 106 Å². The van der Waals surface area contributed by atoms with E-state index < -0.39 is 0 Å². The predicted octanol–water partition coefficient (Wildman–Crippen LogP) is 2.57. The van der Waals surface area contributed by atoms with E-state index in [-0.39, 0.29) is 0 Å². The van der Waals surface area contributed by atoms with Gasteiger partial charge in [-0.2, -0.15) is 12.6 Å². The van der Waals surface area contributed by atoms with E-state index >= 15 is 0 Å². The van der Waals surface area contributed by atoms with Crippen molar-refractivity contribution in [1.82, 2.24) is 4.90 Å². The number of nitrogens with zero attached hydrogens (tertiary/aromatic N) is 1. The van der Waals surface area contributed by atoms with Crippen LogP contribution in [0.1, 0.15) is 45.4 Å². The molecule has 0 radical (unpaired) electrons. The van der Waals surface area contributed by atoms with Crippen LogP contribution in [0.15, 0.2) is 0 Å². The van der Waals surface area contributed by atoms with E-state index in [1.165, 1.54) is 45.2 Å². The summed E-state index contributed by atoms with van der Waals surface area (Å²) in [5, 5.41) is 9.09. The first-order valence-electron chi connectivity index (χ1n) is 6.77. The van der Waals surface area contributed by atoms with Crippen LogP contribution < -0.4 is 0 Å². The smallest absolute Gasteiger partial charge is 0.0445 e. The highest BCUT2D eigenvalue weighted by atomic mass is 32.1. The van der Waals surface area contributed by atoms with Crippen molar-refractivity contribution in [2.45, 2.75) is 51.5 Å². The SMILES string of the molecule is CCCC(CS)CN1CCCCC1CCO. The van der Waals surface area contributed by atoms with Crippen molar-refractivity contribution in [3.05, 3.63) is 0 Å². The van der Waals surface area contributed by atoms with Gasteiger partial charge in [0.05, 0.1) is 0 Å². The monoisotopic (exact) mass is 245 g/mol. The van der Waals surface area contributed by atoms with Gasteiger partial charge >= 0.3 is 0 Å². The molecule has 0 bridgehead atoms. The van der Waals surface area contributed by atoms with Crippen molar-refractivity contribution in [3.8, 4) is 0 Å². The van der Waals surface area contributed by atoms with E-state index in [0.717, 1.165) is 18.1 Å². The minimum atomic E-state index is 0.334. The van der Waals surface area contributed by atoms with Gasteiger partial charge in [-0.25, -0.2) is 0 Å². The Hall–Kier alpha value is 0.270. The molecule has 0 aromatic rings. The first kappa shape index (κ1) is 14.3. The summed E-state index contributed by atoms with van der Waals surface area (Å²) in [5.74, 6) is 1.73. The minimum Gasteiger partial charge on any atom is -0.396 e.